The van der Waals surface area contributed by atoms with Crippen molar-refractivity contribution in [1.29, 1.82) is 0 Å². The number of para-hydroxylation sites is 1. The molecule has 2 N–H and O–H groups in total. The van der Waals surface area contributed by atoms with E-state index in [4.69, 9.17) is 14.9 Å². The Labute approximate surface area is 157 Å². The highest BCUT2D eigenvalue weighted by Gasteiger charge is 2.16. The van der Waals surface area contributed by atoms with Gasteiger partial charge in [-0.3, -0.25) is 0 Å². The highest BCUT2D eigenvalue weighted by Crippen LogP contribution is 2.31. The van der Waals surface area contributed by atoms with Gasteiger partial charge in [-0.15, -0.1) is 11.3 Å². The number of thiazole rings is 1. The lowest BCUT2D eigenvalue weighted by Crippen LogP contribution is -2.14. The Hall–Kier alpha value is -1.96. The molecule has 2 aromatic carbocycles. The smallest absolute Gasteiger partial charge is 0.238 e. The zero-order chi connectivity index (χ0) is 18.7. The number of benzene rings is 2. The Morgan fingerprint density at radius 3 is 2.69 bits per heavy atom. The molecule has 1 aromatic heterocycles. The highest BCUT2D eigenvalue weighted by atomic mass is 32.2. The monoisotopic (exact) mass is 390 g/mol. The number of nitrogens with two attached hydrogens (primary N) is 1. The van der Waals surface area contributed by atoms with Crippen LogP contribution in [0.5, 0.6) is 5.75 Å². The molecule has 3 aromatic rings. The molecule has 0 aliphatic carbocycles. The van der Waals surface area contributed by atoms with Crippen molar-refractivity contribution in [2.75, 3.05) is 7.11 Å². The maximum atomic E-state index is 11.8. The molecule has 5 nitrogen and oxygen atoms in total. The van der Waals surface area contributed by atoms with E-state index in [1.165, 1.54) is 10.8 Å². The molecule has 0 radical (unpaired) electrons. The summed E-state index contributed by atoms with van der Waals surface area (Å²) < 4.78 is 30.0. The molecule has 0 spiro atoms. The minimum Gasteiger partial charge on any atom is -0.497 e. The van der Waals surface area contributed by atoms with E-state index in [2.05, 4.69) is 13.0 Å². The Kier molecular flexibility index (Phi) is 5.60. The van der Waals surface area contributed by atoms with Gasteiger partial charge in [0.2, 0.25) is 10.0 Å². The third kappa shape index (κ3) is 4.23. The summed E-state index contributed by atoms with van der Waals surface area (Å²) in [6.45, 7) is 2.16. The first-order chi connectivity index (χ1) is 12.4. The van der Waals surface area contributed by atoms with Gasteiger partial charge < -0.3 is 4.74 Å². The van der Waals surface area contributed by atoms with E-state index >= 15 is 0 Å². The SMILES string of the molecule is COc1ccc(S(N)(=O)=O)c(CCCC(C)c2nc3ccccc3s2)c1. The van der Waals surface area contributed by atoms with Crippen molar-refractivity contribution in [3.8, 4) is 5.75 Å². The van der Waals surface area contributed by atoms with Gasteiger partial charge in [-0.25, -0.2) is 18.5 Å². The van der Waals surface area contributed by atoms with E-state index in [1.807, 2.05) is 18.2 Å². The zero-order valence-corrected chi connectivity index (χ0v) is 16.4. The third-order valence-corrected chi connectivity index (χ3v) is 6.67. The number of sulfonamides is 1. The summed E-state index contributed by atoms with van der Waals surface area (Å²) in [5, 5.41) is 6.45. The number of rotatable bonds is 7. The normalized spacial score (nSPS) is 13.0. The average Bonchev–Trinajstić information content (AvgIpc) is 3.05. The lowest BCUT2D eigenvalue weighted by atomic mass is 10.0. The van der Waals surface area contributed by atoms with Crippen molar-refractivity contribution < 1.29 is 13.2 Å². The number of methoxy groups -OCH3 is 1. The van der Waals surface area contributed by atoms with Crippen molar-refractivity contribution in [2.45, 2.75) is 37.0 Å². The maximum absolute atomic E-state index is 11.8. The first-order valence-corrected chi connectivity index (χ1v) is 10.8. The van der Waals surface area contributed by atoms with Crippen molar-refractivity contribution in [1.82, 2.24) is 4.98 Å². The van der Waals surface area contributed by atoms with Gasteiger partial charge in [0.25, 0.3) is 0 Å². The fraction of sp³-hybridized carbons (Fsp3) is 0.316. The maximum Gasteiger partial charge on any atom is 0.238 e. The summed E-state index contributed by atoms with van der Waals surface area (Å²) in [7, 11) is -2.18. The quantitative estimate of drug-likeness (QED) is 0.659. The van der Waals surface area contributed by atoms with Gasteiger partial charge >= 0.3 is 0 Å². The van der Waals surface area contributed by atoms with Crippen LogP contribution < -0.4 is 9.88 Å². The number of nitrogens with zero attached hydrogens (tertiary/aromatic N) is 1. The van der Waals surface area contributed by atoms with Crippen LogP contribution in [-0.2, 0) is 16.4 Å². The van der Waals surface area contributed by atoms with Crippen LogP contribution in [0.2, 0.25) is 0 Å². The number of fused-ring (bicyclic) bond motifs is 1. The number of primary sulfonamides is 1. The molecular formula is C19H22N2O3S2. The van der Waals surface area contributed by atoms with Gasteiger partial charge in [-0.05, 0) is 55.2 Å². The lowest BCUT2D eigenvalue weighted by molar-refractivity contribution is 0.413. The topological polar surface area (TPSA) is 82.3 Å². The minimum atomic E-state index is -3.74. The summed E-state index contributed by atoms with van der Waals surface area (Å²) >= 11 is 1.72. The van der Waals surface area contributed by atoms with Crippen molar-refractivity contribution in [2.24, 2.45) is 5.14 Å². The first-order valence-electron chi connectivity index (χ1n) is 8.43. The molecule has 1 unspecified atom stereocenters. The van der Waals surface area contributed by atoms with Crippen LogP contribution in [0.4, 0.5) is 0 Å². The zero-order valence-electron chi connectivity index (χ0n) is 14.8. The van der Waals surface area contributed by atoms with Crippen molar-refractivity contribution in [3.63, 3.8) is 0 Å². The number of aromatic nitrogens is 1. The van der Waals surface area contributed by atoms with E-state index in [0.29, 0.717) is 23.7 Å². The van der Waals surface area contributed by atoms with Gasteiger partial charge in [0, 0.05) is 5.92 Å². The molecule has 0 aliphatic rings. The second-order valence-corrected chi connectivity index (χ2v) is 8.92. The van der Waals surface area contributed by atoms with Crippen LogP contribution >= 0.6 is 11.3 Å². The summed E-state index contributed by atoms with van der Waals surface area (Å²) in [5.74, 6) is 0.947. The molecule has 0 bridgehead atoms. The summed E-state index contributed by atoms with van der Waals surface area (Å²) in [4.78, 5) is 4.88. The molecule has 1 heterocycles. The highest BCUT2D eigenvalue weighted by molar-refractivity contribution is 7.89. The van der Waals surface area contributed by atoms with Crippen LogP contribution in [0.1, 0.15) is 36.3 Å². The number of aryl methyl sites for hydroxylation is 1. The fourth-order valence-electron chi connectivity index (χ4n) is 2.98. The van der Waals surface area contributed by atoms with Crippen LogP contribution in [-0.4, -0.2) is 20.5 Å². The van der Waals surface area contributed by atoms with Crippen molar-refractivity contribution in [3.05, 3.63) is 53.0 Å². The first kappa shape index (κ1) is 18.8. The van der Waals surface area contributed by atoms with Crippen molar-refractivity contribution >= 4 is 31.6 Å². The molecule has 26 heavy (non-hydrogen) atoms. The van der Waals surface area contributed by atoms with E-state index < -0.39 is 10.0 Å². The molecule has 138 valence electrons. The van der Waals surface area contributed by atoms with Crippen LogP contribution in [0.25, 0.3) is 10.2 Å². The number of hydrogen-bond donors (Lipinski definition) is 1. The average molecular weight is 391 g/mol. The van der Waals surface area contributed by atoms with Gasteiger partial charge in [0.15, 0.2) is 0 Å². The summed E-state index contributed by atoms with van der Waals surface area (Å²) in [6.07, 6.45) is 2.38. The van der Waals surface area contributed by atoms with Crippen LogP contribution in [0.15, 0.2) is 47.4 Å². The van der Waals surface area contributed by atoms with Crippen LogP contribution in [0.3, 0.4) is 0 Å². The molecule has 0 fully saturated rings. The van der Waals surface area contributed by atoms with E-state index in [9.17, 15) is 8.42 Å². The molecular weight excluding hydrogens is 368 g/mol. The molecule has 1 atom stereocenters. The van der Waals surface area contributed by atoms with E-state index in [-0.39, 0.29) is 4.90 Å². The van der Waals surface area contributed by atoms with E-state index in [1.54, 1.807) is 30.6 Å². The molecule has 0 aliphatic heterocycles. The molecule has 3 rings (SSSR count). The van der Waals surface area contributed by atoms with Gasteiger partial charge in [-0.1, -0.05) is 19.1 Å². The Bertz CT molecular complexity index is 980. The summed E-state index contributed by atoms with van der Waals surface area (Å²) in [5.41, 5.74) is 1.73. The molecule has 0 saturated heterocycles. The van der Waals surface area contributed by atoms with Crippen LogP contribution in [0, 0.1) is 0 Å². The number of ether oxygens (including phenoxy) is 1. The van der Waals surface area contributed by atoms with Gasteiger partial charge in [0.05, 0.1) is 27.2 Å². The predicted octanol–water partition coefficient (Wildman–Crippen LogP) is 4.08. The Balaban J connectivity index is 1.71. The molecule has 0 amide bonds. The standard InChI is InChI=1S/C19H22N2O3S2/c1-13(19-21-16-8-3-4-9-17(16)25-19)6-5-7-14-12-15(24-2)10-11-18(14)26(20,22)23/h3-4,8-13H,5-7H2,1-2H3,(H2,20,22,23). The minimum absolute atomic E-state index is 0.172. The van der Waals surface area contributed by atoms with Gasteiger partial charge in [0.1, 0.15) is 5.75 Å². The third-order valence-electron chi connectivity index (χ3n) is 4.39. The largest absolute Gasteiger partial charge is 0.497 e. The lowest BCUT2D eigenvalue weighted by Gasteiger charge is -2.12. The fourth-order valence-corrected chi connectivity index (χ4v) is 4.82. The molecule has 0 saturated carbocycles. The van der Waals surface area contributed by atoms with E-state index in [0.717, 1.165) is 23.4 Å². The Morgan fingerprint density at radius 1 is 1.23 bits per heavy atom. The number of hydrogen-bond acceptors (Lipinski definition) is 5. The Morgan fingerprint density at radius 2 is 2.00 bits per heavy atom. The second kappa shape index (κ2) is 7.73. The van der Waals surface area contributed by atoms with Gasteiger partial charge in [-0.2, -0.15) is 0 Å². The predicted molar refractivity (Wildman–Crippen MR) is 105 cm³/mol. The second-order valence-electron chi connectivity index (χ2n) is 6.33. The summed E-state index contributed by atoms with van der Waals surface area (Å²) in [6, 6.07) is 13.0. The molecule has 7 heteroatoms.